The summed E-state index contributed by atoms with van der Waals surface area (Å²) in [7, 11) is 0. The van der Waals surface area contributed by atoms with E-state index in [1.165, 1.54) is 11.8 Å². The van der Waals surface area contributed by atoms with Crippen LogP contribution in [0.4, 0.5) is 0 Å². The molecule has 3 aromatic heterocycles. The quantitative estimate of drug-likeness (QED) is 0.678. The Labute approximate surface area is 139 Å². The maximum absolute atomic E-state index is 5.43. The van der Waals surface area contributed by atoms with Gasteiger partial charge in [-0.15, -0.1) is 10.2 Å². The van der Waals surface area contributed by atoms with Crippen molar-refractivity contribution in [2.24, 2.45) is 0 Å². The van der Waals surface area contributed by atoms with Crippen molar-refractivity contribution in [3.8, 4) is 11.6 Å². The highest BCUT2D eigenvalue weighted by Gasteiger charge is 2.19. The molecule has 0 fully saturated rings. The predicted octanol–water partition coefficient (Wildman–Crippen LogP) is 3.80. The molecule has 23 heavy (non-hydrogen) atoms. The highest BCUT2D eigenvalue weighted by atomic mass is 32.2. The van der Waals surface area contributed by atoms with Crippen molar-refractivity contribution in [3.05, 3.63) is 36.5 Å². The van der Waals surface area contributed by atoms with E-state index < -0.39 is 0 Å². The van der Waals surface area contributed by atoms with Crippen LogP contribution in [-0.4, -0.2) is 24.7 Å². The molecule has 0 saturated carbocycles. The van der Waals surface area contributed by atoms with Crippen molar-refractivity contribution < 1.29 is 4.42 Å². The van der Waals surface area contributed by atoms with E-state index in [9.17, 15) is 0 Å². The van der Waals surface area contributed by atoms with Crippen LogP contribution in [-0.2, 0) is 12.0 Å². The summed E-state index contributed by atoms with van der Waals surface area (Å²) in [5.74, 6) is 2.26. The molecule has 0 atom stereocenters. The molecule has 3 rings (SSSR count). The number of aromatic nitrogens is 5. The first-order valence-electron chi connectivity index (χ1n) is 7.47. The third-order valence-corrected chi connectivity index (χ3v) is 4.19. The third-order valence-electron chi connectivity index (χ3n) is 3.27. The monoisotopic (exact) mass is 329 g/mol. The zero-order valence-corrected chi connectivity index (χ0v) is 14.5. The van der Waals surface area contributed by atoms with Gasteiger partial charge in [-0.05, 0) is 36.9 Å². The molecule has 7 heteroatoms. The fourth-order valence-electron chi connectivity index (χ4n) is 2.09. The molecule has 3 aromatic rings. The smallest absolute Gasteiger partial charge is 0.200 e. The lowest BCUT2D eigenvalue weighted by molar-refractivity contribution is 0.538. The SMILES string of the molecule is CCn1c(Sc2ccnc(C(C)(C)C)n2)nnc1-c1ccco1. The van der Waals surface area contributed by atoms with Gasteiger partial charge in [0.15, 0.2) is 16.7 Å². The summed E-state index contributed by atoms with van der Waals surface area (Å²) in [4.78, 5) is 8.99. The number of hydrogen-bond acceptors (Lipinski definition) is 6. The van der Waals surface area contributed by atoms with Crippen molar-refractivity contribution >= 4 is 11.8 Å². The Kier molecular flexibility index (Phi) is 4.21. The van der Waals surface area contributed by atoms with E-state index >= 15 is 0 Å². The molecule has 6 nitrogen and oxygen atoms in total. The Bertz CT molecular complexity index is 789. The first kappa shape index (κ1) is 15.7. The van der Waals surface area contributed by atoms with E-state index in [-0.39, 0.29) is 5.41 Å². The largest absolute Gasteiger partial charge is 0.461 e. The summed E-state index contributed by atoms with van der Waals surface area (Å²) in [6, 6.07) is 5.62. The van der Waals surface area contributed by atoms with Gasteiger partial charge in [-0.3, -0.25) is 4.57 Å². The van der Waals surface area contributed by atoms with Gasteiger partial charge in [-0.25, -0.2) is 9.97 Å². The van der Waals surface area contributed by atoms with Gasteiger partial charge in [0.25, 0.3) is 0 Å². The fraction of sp³-hybridized carbons (Fsp3) is 0.375. The Hall–Kier alpha value is -2.15. The van der Waals surface area contributed by atoms with Gasteiger partial charge in [0, 0.05) is 18.2 Å². The van der Waals surface area contributed by atoms with Crippen LogP contribution >= 0.6 is 11.8 Å². The Morgan fingerprint density at radius 1 is 1.22 bits per heavy atom. The van der Waals surface area contributed by atoms with Crippen LogP contribution in [0.1, 0.15) is 33.5 Å². The number of hydrogen-bond donors (Lipinski definition) is 0. The highest BCUT2D eigenvalue weighted by Crippen LogP contribution is 2.29. The number of furan rings is 1. The summed E-state index contributed by atoms with van der Waals surface area (Å²) in [6.45, 7) is 9.10. The van der Waals surface area contributed by atoms with Gasteiger partial charge in [0.1, 0.15) is 10.9 Å². The first-order chi connectivity index (χ1) is 11.0. The second kappa shape index (κ2) is 6.16. The molecule has 0 radical (unpaired) electrons. The van der Waals surface area contributed by atoms with Crippen molar-refractivity contribution in [2.45, 2.75) is 49.8 Å². The van der Waals surface area contributed by atoms with E-state index in [1.807, 2.05) is 22.8 Å². The molecule has 120 valence electrons. The van der Waals surface area contributed by atoms with E-state index in [4.69, 9.17) is 4.42 Å². The zero-order chi connectivity index (χ0) is 16.4. The van der Waals surface area contributed by atoms with E-state index in [1.54, 1.807) is 12.5 Å². The van der Waals surface area contributed by atoms with Crippen LogP contribution in [0, 0.1) is 0 Å². The minimum absolute atomic E-state index is 0.0890. The third kappa shape index (κ3) is 3.29. The van der Waals surface area contributed by atoms with Crippen LogP contribution in [0.25, 0.3) is 11.6 Å². The highest BCUT2D eigenvalue weighted by molar-refractivity contribution is 7.99. The van der Waals surface area contributed by atoms with Gasteiger partial charge in [-0.1, -0.05) is 20.8 Å². The molecule has 0 aliphatic carbocycles. The number of nitrogens with zero attached hydrogens (tertiary/aromatic N) is 5. The molecule has 0 N–H and O–H groups in total. The van der Waals surface area contributed by atoms with Crippen molar-refractivity contribution in [2.75, 3.05) is 0 Å². The molecule has 0 aromatic carbocycles. The van der Waals surface area contributed by atoms with Gasteiger partial charge in [0.2, 0.25) is 0 Å². The molecular weight excluding hydrogens is 310 g/mol. The van der Waals surface area contributed by atoms with Crippen molar-refractivity contribution in [1.82, 2.24) is 24.7 Å². The lowest BCUT2D eigenvalue weighted by atomic mass is 9.96. The predicted molar refractivity (Wildman–Crippen MR) is 88.3 cm³/mol. The molecule has 0 unspecified atom stereocenters. The standard InChI is InChI=1S/C16H19N5OS/c1-5-21-13(11-7-6-10-22-11)19-20-15(21)23-12-8-9-17-14(18-12)16(2,3)4/h6-10H,5H2,1-4H3. The summed E-state index contributed by atoms with van der Waals surface area (Å²) in [5.41, 5.74) is -0.0890. The number of rotatable bonds is 4. The molecule has 0 spiro atoms. The van der Waals surface area contributed by atoms with E-state index in [2.05, 4.69) is 47.9 Å². The van der Waals surface area contributed by atoms with Gasteiger partial charge < -0.3 is 4.42 Å². The second-order valence-corrected chi connectivity index (χ2v) is 7.09. The van der Waals surface area contributed by atoms with E-state index in [0.29, 0.717) is 5.76 Å². The minimum Gasteiger partial charge on any atom is -0.461 e. The summed E-state index contributed by atoms with van der Waals surface area (Å²) in [6.07, 6.45) is 3.42. The Balaban J connectivity index is 1.92. The minimum atomic E-state index is -0.0890. The fourth-order valence-corrected chi connectivity index (χ4v) is 2.95. The molecule has 0 amide bonds. The lowest BCUT2D eigenvalue weighted by Gasteiger charge is -2.16. The maximum atomic E-state index is 5.43. The normalized spacial score (nSPS) is 11.8. The van der Waals surface area contributed by atoms with Gasteiger partial charge >= 0.3 is 0 Å². The topological polar surface area (TPSA) is 69.6 Å². The molecule has 0 aliphatic rings. The Morgan fingerprint density at radius 3 is 2.70 bits per heavy atom. The molecular formula is C16H19N5OS. The molecule has 0 bridgehead atoms. The van der Waals surface area contributed by atoms with Crippen LogP contribution in [0.3, 0.4) is 0 Å². The average Bonchev–Trinajstić information content (AvgIpc) is 3.15. The molecule has 3 heterocycles. The Morgan fingerprint density at radius 2 is 2.04 bits per heavy atom. The second-order valence-electron chi connectivity index (χ2n) is 6.10. The van der Waals surface area contributed by atoms with Crippen molar-refractivity contribution in [1.29, 1.82) is 0 Å². The molecule has 0 saturated heterocycles. The van der Waals surface area contributed by atoms with Crippen LogP contribution in [0.5, 0.6) is 0 Å². The molecule has 0 aliphatic heterocycles. The summed E-state index contributed by atoms with van der Waals surface area (Å²) < 4.78 is 7.45. The van der Waals surface area contributed by atoms with Gasteiger partial charge in [-0.2, -0.15) is 0 Å². The van der Waals surface area contributed by atoms with Gasteiger partial charge in [0.05, 0.1) is 6.26 Å². The lowest BCUT2D eigenvalue weighted by Crippen LogP contribution is -2.15. The zero-order valence-electron chi connectivity index (χ0n) is 13.6. The van der Waals surface area contributed by atoms with Crippen LogP contribution < -0.4 is 0 Å². The van der Waals surface area contributed by atoms with E-state index in [0.717, 1.165) is 28.4 Å². The summed E-state index contributed by atoms with van der Waals surface area (Å²) in [5, 5.41) is 10.2. The summed E-state index contributed by atoms with van der Waals surface area (Å²) >= 11 is 1.48. The van der Waals surface area contributed by atoms with Crippen LogP contribution in [0.15, 0.2) is 45.3 Å². The maximum Gasteiger partial charge on any atom is 0.200 e. The van der Waals surface area contributed by atoms with Crippen LogP contribution in [0.2, 0.25) is 0 Å². The van der Waals surface area contributed by atoms with Crippen molar-refractivity contribution in [3.63, 3.8) is 0 Å². The average molecular weight is 329 g/mol. The first-order valence-corrected chi connectivity index (χ1v) is 8.29.